The molecule has 0 aromatic heterocycles. The van der Waals surface area contributed by atoms with Crippen molar-refractivity contribution in [1.82, 2.24) is 0 Å². The molecule has 0 saturated carbocycles. The number of aliphatic imine (C=N–C) groups is 1. The van der Waals surface area contributed by atoms with E-state index in [4.69, 9.17) is 0 Å². The second-order valence-electron chi connectivity index (χ2n) is 2.67. The summed E-state index contributed by atoms with van der Waals surface area (Å²) < 4.78 is 48.4. The van der Waals surface area contributed by atoms with E-state index in [-0.39, 0.29) is 5.69 Å². The van der Waals surface area contributed by atoms with Gasteiger partial charge in [-0.1, -0.05) is 0 Å². The van der Waals surface area contributed by atoms with Crippen LogP contribution in [0, 0.1) is 5.82 Å². The van der Waals surface area contributed by atoms with Gasteiger partial charge in [0.05, 0.1) is 5.69 Å². The lowest BCUT2D eigenvalue weighted by atomic mass is 10.3. The maximum atomic E-state index is 12.4. The molecule has 0 atom stereocenters. The zero-order valence-electron chi connectivity index (χ0n) is 7.27. The van der Waals surface area contributed by atoms with Crippen molar-refractivity contribution in [3.63, 3.8) is 0 Å². The topological polar surface area (TPSA) is 12.4 Å². The zero-order valence-corrected chi connectivity index (χ0v) is 7.27. The first-order valence-electron chi connectivity index (χ1n) is 3.77. The van der Waals surface area contributed by atoms with Crippen LogP contribution in [0.3, 0.4) is 0 Å². The van der Waals surface area contributed by atoms with E-state index < -0.39 is 17.7 Å². The second kappa shape index (κ2) is 3.77. The molecule has 0 unspecified atom stereocenters. The van der Waals surface area contributed by atoms with Crippen LogP contribution >= 0.6 is 0 Å². The normalized spacial score (nSPS) is 13.1. The Morgan fingerprint density at radius 1 is 1.14 bits per heavy atom. The molecule has 0 heterocycles. The van der Waals surface area contributed by atoms with Gasteiger partial charge in [0.2, 0.25) is 0 Å². The lowest BCUT2D eigenvalue weighted by molar-refractivity contribution is -0.0591. The van der Waals surface area contributed by atoms with Crippen molar-refractivity contribution in [2.24, 2.45) is 4.99 Å². The van der Waals surface area contributed by atoms with Crippen LogP contribution < -0.4 is 0 Å². The van der Waals surface area contributed by atoms with E-state index in [0.29, 0.717) is 0 Å². The molecule has 0 bridgehead atoms. The fourth-order valence-electron chi connectivity index (χ4n) is 0.773. The van der Waals surface area contributed by atoms with Gasteiger partial charge in [0.25, 0.3) is 0 Å². The summed E-state index contributed by atoms with van der Waals surface area (Å²) in [7, 11) is 0. The van der Waals surface area contributed by atoms with Gasteiger partial charge < -0.3 is 0 Å². The smallest absolute Gasteiger partial charge is 0.249 e. The first kappa shape index (κ1) is 10.7. The van der Waals surface area contributed by atoms with Gasteiger partial charge >= 0.3 is 6.18 Å². The first-order chi connectivity index (χ1) is 6.39. The van der Waals surface area contributed by atoms with Gasteiger partial charge in [-0.2, -0.15) is 13.2 Å². The van der Waals surface area contributed by atoms with Gasteiger partial charge in [-0.05, 0) is 31.2 Å². The third-order valence-electron chi connectivity index (χ3n) is 1.53. The summed E-state index contributed by atoms with van der Waals surface area (Å²) in [5.41, 5.74) is -0.870. The minimum atomic E-state index is -4.44. The van der Waals surface area contributed by atoms with Crippen molar-refractivity contribution < 1.29 is 17.6 Å². The van der Waals surface area contributed by atoms with E-state index in [1.54, 1.807) is 0 Å². The zero-order chi connectivity index (χ0) is 10.8. The van der Waals surface area contributed by atoms with E-state index in [9.17, 15) is 17.6 Å². The summed E-state index contributed by atoms with van der Waals surface area (Å²) in [6.07, 6.45) is -4.44. The molecule has 14 heavy (non-hydrogen) atoms. The number of halogens is 4. The molecule has 76 valence electrons. The Morgan fingerprint density at radius 3 is 2.07 bits per heavy atom. The Hall–Kier alpha value is -1.39. The molecule has 1 aromatic carbocycles. The van der Waals surface area contributed by atoms with Gasteiger partial charge in [0, 0.05) is 0 Å². The predicted molar refractivity (Wildman–Crippen MR) is 45.2 cm³/mol. The Bertz CT molecular complexity index is 337. The molecule has 0 saturated heterocycles. The molecule has 1 rings (SSSR count). The lowest BCUT2D eigenvalue weighted by Gasteiger charge is -2.04. The van der Waals surface area contributed by atoms with Crippen LogP contribution in [0.25, 0.3) is 0 Å². The van der Waals surface area contributed by atoms with Crippen LogP contribution in [0.2, 0.25) is 0 Å². The molecule has 0 aliphatic rings. The molecule has 0 aliphatic carbocycles. The minimum Gasteiger partial charge on any atom is -0.249 e. The molecule has 1 aromatic rings. The number of hydrogen-bond acceptors (Lipinski definition) is 1. The predicted octanol–water partition coefficient (Wildman–Crippen LogP) is 3.48. The third-order valence-corrected chi connectivity index (χ3v) is 1.53. The van der Waals surface area contributed by atoms with Gasteiger partial charge in [-0.25, -0.2) is 9.38 Å². The highest BCUT2D eigenvalue weighted by atomic mass is 19.4. The number of hydrogen-bond donors (Lipinski definition) is 0. The maximum absolute atomic E-state index is 12.4. The molecule has 0 fully saturated rings. The van der Waals surface area contributed by atoms with Crippen LogP contribution in [0.15, 0.2) is 29.3 Å². The molecule has 0 amide bonds. The molecule has 0 N–H and O–H groups in total. The van der Waals surface area contributed by atoms with E-state index in [1.807, 2.05) is 0 Å². The standard InChI is InChI=1S/C9H7F4N/c1-6(9(11,12)13)14-8-4-2-7(10)3-5-8/h2-5H,1H3/b14-6+. The summed E-state index contributed by atoms with van der Waals surface area (Å²) in [6, 6.07) is 4.49. The number of alkyl halides is 3. The largest absolute Gasteiger partial charge is 0.429 e. The highest BCUT2D eigenvalue weighted by Gasteiger charge is 2.31. The lowest BCUT2D eigenvalue weighted by Crippen LogP contribution is -2.18. The molecule has 0 aliphatic heterocycles. The van der Waals surface area contributed by atoms with E-state index >= 15 is 0 Å². The Balaban J connectivity index is 2.93. The van der Waals surface area contributed by atoms with E-state index in [0.717, 1.165) is 19.1 Å². The number of rotatable bonds is 1. The monoisotopic (exact) mass is 205 g/mol. The summed E-state index contributed by atoms with van der Waals surface area (Å²) in [6.45, 7) is 0.864. The first-order valence-corrected chi connectivity index (χ1v) is 3.77. The van der Waals surface area contributed by atoms with Crippen molar-refractivity contribution in [2.75, 3.05) is 0 Å². The minimum absolute atomic E-state index is 0.0845. The average Bonchev–Trinajstić information content (AvgIpc) is 2.07. The van der Waals surface area contributed by atoms with Gasteiger partial charge in [0.1, 0.15) is 11.5 Å². The SMILES string of the molecule is C/C(=N\c1ccc(F)cc1)C(F)(F)F. The highest BCUT2D eigenvalue weighted by Crippen LogP contribution is 2.21. The fraction of sp³-hybridized carbons (Fsp3) is 0.222. The molecule has 0 spiro atoms. The summed E-state index contributed by atoms with van der Waals surface area (Å²) in [5, 5.41) is 0. The van der Waals surface area contributed by atoms with Crippen LogP contribution in [0.5, 0.6) is 0 Å². The van der Waals surface area contributed by atoms with Gasteiger partial charge in [-0.3, -0.25) is 0 Å². The van der Waals surface area contributed by atoms with Gasteiger partial charge in [0.15, 0.2) is 0 Å². The Kier molecular flexibility index (Phi) is 2.88. The molecule has 5 heteroatoms. The summed E-state index contributed by atoms with van der Waals surface area (Å²) in [4.78, 5) is 3.30. The van der Waals surface area contributed by atoms with Crippen molar-refractivity contribution in [3.8, 4) is 0 Å². The highest BCUT2D eigenvalue weighted by molar-refractivity contribution is 5.89. The number of nitrogens with zero attached hydrogens (tertiary/aromatic N) is 1. The summed E-state index contributed by atoms with van der Waals surface area (Å²) >= 11 is 0. The maximum Gasteiger partial charge on any atom is 0.429 e. The molecular formula is C9H7F4N. The van der Waals surface area contributed by atoms with Crippen molar-refractivity contribution >= 4 is 11.4 Å². The Labute approximate surface area is 78.1 Å². The molecule has 0 radical (unpaired) electrons. The van der Waals surface area contributed by atoms with E-state index in [2.05, 4.69) is 4.99 Å². The second-order valence-corrected chi connectivity index (χ2v) is 2.67. The quantitative estimate of drug-likeness (QED) is 0.491. The number of benzene rings is 1. The van der Waals surface area contributed by atoms with Crippen molar-refractivity contribution in [1.29, 1.82) is 0 Å². The van der Waals surface area contributed by atoms with Crippen LogP contribution in [-0.4, -0.2) is 11.9 Å². The summed E-state index contributed by atoms with van der Waals surface area (Å²) in [5.74, 6) is -0.506. The Morgan fingerprint density at radius 2 is 1.64 bits per heavy atom. The van der Waals surface area contributed by atoms with E-state index in [1.165, 1.54) is 12.1 Å². The average molecular weight is 205 g/mol. The van der Waals surface area contributed by atoms with Crippen LogP contribution in [-0.2, 0) is 0 Å². The van der Waals surface area contributed by atoms with Crippen LogP contribution in [0.1, 0.15) is 6.92 Å². The third kappa shape index (κ3) is 2.83. The van der Waals surface area contributed by atoms with Crippen molar-refractivity contribution in [3.05, 3.63) is 30.1 Å². The molecule has 1 nitrogen and oxygen atoms in total. The van der Waals surface area contributed by atoms with Gasteiger partial charge in [-0.15, -0.1) is 0 Å². The fourth-order valence-corrected chi connectivity index (χ4v) is 0.773. The van der Waals surface area contributed by atoms with Crippen LogP contribution in [0.4, 0.5) is 23.2 Å². The molecular weight excluding hydrogens is 198 g/mol. The van der Waals surface area contributed by atoms with Crippen molar-refractivity contribution in [2.45, 2.75) is 13.1 Å².